The Morgan fingerprint density at radius 3 is 1.48 bits per heavy atom. The lowest BCUT2D eigenvalue weighted by Gasteiger charge is -2.07. The number of amides is 2. The van der Waals surface area contributed by atoms with Crippen molar-refractivity contribution in [3.05, 3.63) is 0 Å². The van der Waals surface area contributed by atoms with Crippen LogP contribution in [-0.4, -0.2) is 38.5 Å². The third kappa shape index (κ3) is 17.5. The van der Waals surface area contributed by atoms with Gasteiger partial charge in [0.25, 0.3) is 12.5 Å². The zero-order chi connectivity index (χ0) is 18.6. The molecule has 2 amide bonds. The minimum Gasteiger partial charge on any atom is -0.428 e. The number of hydrogen-bond acceptors (Lipinski definition) is 7. The van der Waals surface area contributed by atoms with Crippen molar-refractivity contribution < 1.29 is 23.8 Å². The molecule has 140 valence electrons. The summed E-state index contributed by atoms with van der Waals surface area (Å²) in [6, 6.07) is 0. The zero-order valence-electron chi connectivity index (χ0n) is 14.4. The highest BCUT2D eigenvalue weighted by atomic mass is 16.6. The van der Waals surface area contributed by atoms with E-state index in [0.29, 0.717) is 26.3 Å². The molecule has 0 unspecified atom stereocenters. The molecule has 0 aromatic rings. The monoisotopic (exact) mass is 354 g/mol. The minimum atomic E-state index is -0.765. The van der Waals surface area contributed by atoms with Gasteiger partial charge in [-0.25, -0.2) is 9.59 Å². The first-order chi connectivity index (χ1) is 12.2. The zero-order valence-corrected chi connectivity index (χ0v) is 14.4. The van der Waals surface area contributed by atoms with Gasteiger partial charge in [-0.05, 0) is 38.5 Å². The van der Waals surface area contributed by atoms with Gasteiger partial charge in [0, 0.05) is 13.1 Å². The Bertz CT molecular complexity index is 405. The van der Waals surface area contributed by atoms with Crippen LogP contribution in [0.5, 0.6) is 0 Å². The molecule has 2 N–H and O–H groups in total. The molecule has 25 heavy (non-hydrogen) atoms. The summed E-state index contributed by atoms with van der Waals surface area (Å²) in [7, 11) is 0. The number of nitriles is 2. The van der Waals surface area contributed by atoms with E-state index >= 15 is 0 Å². The van der Waals surface area contributed by atoms with Gasteiger partial charge in [0.2, 0.25) is 0 Å². The summed E-state index contributed by atoms with van der Waals surface area (Å²) >= 11 is 0. The lowest BCUT2D eigenvalue weighted by molar-refractivity contribution is 0.150. The predicted molar refractivity (Wildman–Crippen MR) is 87.9 cm³/mol. The van der Waals surface area contributed by atoms with E-state index < -0.39 is 12.2 Å². The second kappa shape index (κ2) is 17.7. The van der Waals surface area contributed by atoms with Crippen molar-refractivity contribution in [2.75, 3.05) is 26.3 Å². The minimum absolute atomic E-state index is 0.416. The molecule has 0 aliphatic carbocycles. The van der Waals surface area contributed by atoms with E-state index in [-0.39, 0.29) is 0 Å². The van der Waals surface area contributed by atoms with Gasteiger partial charge in [-0.2, -0.15) is 10.5 Å². The number of ether oxygens (including phenoxy) is 3. The van der Waals surface area contributed by atoms with E-state index in [2.05, 4.69) is 24.8 Å². The number of carbonyl (C=O) groups excluding carboxylic acids is 2. The van der Waals surface area contributed by atoms with E-state index in [1.165, 1.54) is 0 Å². The Balaban J connectivity index is 3.38. The molecule has 9 heteroatoms. The summed E-state index contributed by atoms with van der Waals surface area (Å²) in [5.41, 5.74) is 0. The van der Waals surface area contributed by atoms with E-state index in [9.17, 15) is 9.59 Å². The Kier molecular flexibility index (Phi) is 15.8. The third-order valence-electron chi connectivity index (χ3n) is 3.20. The third-order valence-corrected chi connectivity index (χ3v) is 3.20. The number of unbranched alkanes of at least 4 members (excludes halogenated alkanes) is 6. The molecule has 0 aliphatic heterocycles. The van der Waals surface area contributed by atoms with E-state index in [4.69, 9.17) is 10.5 Å². The summed E-state index contributed by atoms with van der Waals surface area (Å²) in [5, 5.41) is 21.4. The molecule has 0 saturated heterocycles. The number of rotatable bonds is 14. The first kappa shape index (κ1) is 22.3. The number of nitrogens with zero attached hydrogens (tertiary/aromatic N) is 2. The first-order valence-corrected chi connectivity index (χ1v) is 8.46. The fraction of sp³-hybridized carbons (Fsp3) is 0.750. The predicted octanol–water partition coefficient (Wildman–Crippen LogP) is 2.54. The Morgan fingerprint density at radius 1 is 0.680 bits per heavy atom. The summed E-state index contributed by atoms with van der Waals surface area (Å²) in [6.07, 6.45) is 8.39. The highest BCUT2D eigenvalue weighted by Crippen LogP contribution is 2.00. The van der Waals surface area contributed by atoms with Crippen molar-refractivity contribution >= 4 is 12.2 Å². The fourth-order valence-electron chi connectivity index (χ4n) is 1.93. The summed E-state index contributed by atoms with van der Waals surface area (Å²) in [5.74, 6) is 0. The van der Waals surface area contributed by atoms with Crippen molar-refractivity contribution in [3.63, 3.8) is 0 Å². The van der Waals surface area contributed by atoms with Crippen LogP contribution in [0.2, 0.25) is 0 Å². The van der Waals surface area contributed by atoms with Gasteiger partial charge in [-0.15, -0.1) is 0 Å². The molecule has 0 aliphatic rings. The molecule has 0 aromatic heterocycles. The largest absolute Gasteiger partial charge is 0.428 e. The molecular weight excluding hydrogens is 328 g/mol. The van der Waals surface area contributed by atoms with Gasteiger partial charge < -0.3 is 24.8 Å². The van der Waals surface area contributed by atoms with Crippen LogP contribution >= 0.6 is 0 Å². The molecule has 0 fully saturated rings. The van der Waals surface area contributed by atoms with Crippen LogP contribution in [0.1, 0.15) is 51.4 Å². The molecule has 0 bridgehead atoms. The van der Waals surface area contributed by atoms with E-state index in [1.54, 1.807) is 12.5 Å². The van der Waals surface area contributed by atoms with Gasteiger partial charge in [0.1, 0.15) is 13.2 Å². The summed E-state index contributed by atoms with van der Waals surface area (Å²) in [6.45, 7) is 1.69. The van der Waals surface area contributed by atoms with Crippen LogP contribution in [0.4, 0.5) is 9.59 Å². The number of hydrogen-bond donors (Lipinski definition) is 2. The molecule has 0 radical (unpaired) electrons. The maximum Gasteiger partial charge on any atom is 0.416 e. The van der Waals surface area contributed by atoms with Crippen molar-refractivity contribution in [3.8, 4) is 12.5 Å². The van der Waals surface area contributed by atoms with Crippen LogP contribution in [0.3, 0.4) is 0 Å². The van der Waals surface area contributed by atoms with Gasteiger partial charge in [0.05, 0.1) is 0 Å². The number of nitrogens with one attached hydrogen (secondary N) is 2. The second-order valence-corrected chi connectivity index (χ2v) is 5.24. The van der Waals surface area contributed by atoms with Crippen molar-refractivity contribution in [2.45, 2.75) is 51.4 Å². The van der Waals surface area contributed by atoms with Crippen molar-refractivity contribution in [1.82, 2.24) is 10.6 Å². The number of alkyl carbamates (subject to hydrolysis) is 2. The maximum atomic E-state index is 11.4. The van der Waals surface area contributed by atoms with Gasteiger partial charge >= 0.3 is 12.2 Å². The van der Waals surface area contributed by atoms with Crippen LogP contribution in [0.25, 0.3) is 0 Å². The van der Waals surface area contributed by atoms with Gasteiger partial charge in [-0.1, -0.05) is 12.8 Å². The Morgan fingerprint density at radius 2 is 1.08 bits per heavy atom. The van der Waals surface area contributed by atoms with Crippen LogP contribution in [0, 0.1) is 23.0 Å². The van der Waals surface area contributed by atoms with E-state index in [0.717, 1.165) is 51.4 Å². The maximum absolute atomic E-state index is 11.4. The molecule has 0 rings (SSSR count). The summed E-state index contributed by atoms with van der Waals surface area (Å²) in [4.78, 5) is 22.7. The highest BCUT2D eigenvalue weighted by Gasteiger charge is 2.08. The lowest BCUT2D eigenvalue weighted by Crippen LogP contribution is -2.33. The Hall–Kier alpha value is -2.68. The van der Waals surface area contributed by atoms with Crippen LogP contribution < -0.4 is 10.6 Å². The SMILES string of the molecule is N#COCCCCCCNC(=O)OC(=O)NCCCCCCOC#N. The standard InChI is InChI=1S/C16H26N4O5/c17-13-23-11-7-3-1-5-9-19-15(21)25-16(22)20-10-6-2-4-8-12-24-14-18/h1-12H2,(H,19,21)(H,20,22). The molecule has 0 heterocycles. The molecule has 0 saturated carbocycles. The Labute approximate surface area is 148 Å². The summed E-state index contributed by atoms with van der Waals surface area (Å²) < 4.78 is 13.6. The highest BCUT2D eigenvalue weighted by molar-refractivity contribution is 5.83. The number of carbonyl (C=O) groups is 2. The quantitative estimate of drug-likeness (QED) is 0.278. The van der Waals surface area contributed by atoms with Gasteiger partial charge in [-0.3, -0.25) is 0 Å². The molecular formula is C16H26N4O5. The molecule has 9 nitrogen and oxygen atoms in total. The van der Waals surface area contributed by atoms with Crippen LogP contribution in [-0.2, 0) is 14.2 Å². The topological polar surface area (TPSA) is 133 Å². The molecule has 0 spiro atoms. The lowest BCUT2D eigenvalue weighted by atomic mass is 10.2. The second-order valence-electron chi connectivity index (χ2n) is 5.24. The fourth-order valence-corrected chi connectivity index (χ4v) is 1.93. The van der Waals surface area contributed by atoms with Crippen molar-refractivity contribution in [1.29, 1.82) is 10.5 Å². The van der Waals surface area contributed by atoms with Gasteiger partial charge in [0.15, 0.2) is 0 Å². The van der Waals surface area contributed by atoms with Crippen LogP contribution in [0.15, 0.2) is 0 Å². The molecule has 0 aromatic carbocycles. The van der Waals surface area contributed by atoms with E-state index in [1.807, 2.05) is 0 Å². The first-order valence-electron chi connectivity index (χ1n) is 8.46. The average Bonchev–Trinajstić information content (AvgIpc) is 2.59. The normalized spacial score (nSPS) is 9.36. The molecule has 0 atom stereocenters. The smallest absolute Gasteiger partial charge is 0.416 e. The average molecular weight is 354 g/mol. The van der Waals surface area contributed by atoms with Crippen molar-refractivity contribution in [2.24, 2.45) is 0 Å².